The lowest BCUT2D eigenvalue weighted by Crippen LogP contribution is -2.10. The van der Waals surface area contributed by atoms with Crippen LogP contribution in [0.1, 0.15) is 63.8 Å². The summed E-state index contributed by atoms with van der Waals surface area (Å²) in [6.07, 6.45) is 0. The maximum atomic E-state index is 10.0. The Labute approximate surface area is 196 Å². The fourth-order valence-electron chi connectivity index (χ4n) is 3.97. The van der Waals surface area contributed by atoms with Crippen molar-refractivity contribution in [2.75, 3.05) is 0 Å². The van der Waals surface area contributed by atoms with E-state index in [1.807, 2.05) is 36.4 Å². The first-order chi connectivity index (χ1) is 16.0. The predicted octanol–water partition coefficient (Wildman–Crippen LogP) is 8.13. The van der Waals surface area contributed by atoms with Crippen molar-refractivity contribution in [3.63, 3.8) is 0 Å². The maximum absolute atomic E-state index is 10.0. The molecule has 0 bridgehead atoms. The quantitative estimate of drug-likeness (QED) is 0.220. The number of fused-ring (bicyclic) bond motifs is 4. The third-order valence-corrected chi connectivity index (χ3v) is 6.01. The second kappa shape index (κ2) is 7.17. The van der Waals surface area contributed by atoms with Crippen molar-refractivity contribution in [3.05, 3.63) is 58.7 Å². The van der Waals surface area contributed by atoms with E-state index in [1.54, 1.807) is 0 Å². The van der Waals surface area contributed by atoms with E-state index < -0.39 is 0 Å². The molecule has 0 aliphatic carbocycles. The van der Waals surface area contributed by atoms with E-state index in [4.69, 9.17) is 17.7 Å². The van der Waals surface area contributed by atoms with Gasteiger partial charge in [-0.15, -0.1) is 0 Å². The van der Waals surface area contributed by atoms with Gasteiger partial charge in [-0.1, -0.05) is 53.7 Å². The highest BCUT2D eigenvalue weighted by Crippen LogP contribution is 2.38. The highest BCUT2D eigenvalue weighted by Gasteiger charge is 2.25. The average molecular weight is 453 g/mol. The summed E-state index contributed by atoms with van der Waals surface area (Å²) in [4.78, 5) is 0. The summed E-state index contributed by atoms with van der Waals surface area (Å²) in [7, 11) is 0. The lowest BCUT2D eigenvalue weighted by Gasteiger charge is -2.19. The van der Waals surface area contributed by atoms with Gasteiger partial charge in [0.2, 0.25) is 0 Å². The SMILES string of the molecule is CC(C)(C)c1ccc2oc3c(C#N)c4oc5cc(C(C)(C)C)ccc5oc4c(C#N)c3oc2c1. The minimum Gasteiger partial charge on any atom is -0.448 e. The monoisotopic (exact) mass is 452 g/mol. The molecule has 0 radical (unpaired) electrons. The van der Waals surface area contributed by atoms with Gasteiger partial charge in [0.1, 0.15) is 23.3 Å². The highest BCUT2D eigenvalue weighted by molar-refractivity contribution is 6.02. The molecule has 0 aliphatic rings. The zero-order valence-electron chi connectivity index (χ0n) is 20.0. The third kappa shape index (κ3) is 3.31. The van der Waals surface area contributed by atoms with E-state index in [1.165, 1.54) is 0 Å². The van der Waals surface area contributed by atoms with Crippen LogP contribution in [0.25, 0.3) is 44.7 Å². The van der Waals surface area contributed by atoms with Crippen LogP contribution in [0, 0.1) is 22.7 Å². The van der Waals surface area contributed by atoms with Crippen molar-refractivity contribution >= 4 is 44.7 Å². The summed E-state index contributed by atoms with van der Waals surface area (Å²) >= 11 is 0. The van der Waals surface area contributed by atoms with Gasteiger partial charge in [0, 0.05) is 0 Å². The molecular formula is C28H24N2O4. The largest absolute Gasteiger partial charge is 0.448 e. The minimum atomic E-state index is -0.100. The van der Waals surface area contributed by atoms with Gasteiger partial charge < -0.3 is 17.7 Å². The molecule has 2 heterocycles. The fraction of sp³-hybridized carbons (Fsp3) is 0.286. The average Bonchev–Trinajstić information content (AvgIpc) is 2.78. The van der Waals surface area contributed by atoms with Crippen molar-refractivity contribution in [2.24, 2.45) is 0 Å². The van der Waals surface area contributed by atoms with Crippen LogP contribution in [0.15, 0.2) is 54.1 Å². The normalized spacial score (nSPS) is 12.4. The number of nitrogens with zero attached hydrogens (tertiary/aromatic N) is 2. The van der Waals surface area contributed by atoms with Crippen LogP contribution < -0.4 is 0 Å². The molecule has 0 saturated heterocycles. The van der Waals surface area contributed by atoms with E-state index in [0.717, 1.165) is 11.1 Å². The molecular weight excluding hydrogens is 428 g/mol. The van der Waals surface area contributed by atoms with Crippen molar-refractivity contribution in [3.8, 4) is 12.1 Å². The Morgan fingerprint density at radius 1 is 0.529 bits per heavy atom. The van der Waals surface area contributed by atoms with Gasteiger partial charge in [0.05, 0.1) is 0 Å². The van der Waals surface area contributed by atoms with Gasteiger partial charge in [-0.05, 0) is 46.2 Å². The number of hydrogen-bond acceptors (Lipinski definition) is 6. The van der Waals surface area contributed by atoms with Crippen LogP contribution in [-0.2, 0) is 10.8 Å². The van der Waals surface area contributed by atoms with Crippen molar-refractivity contribution in [1.82, 2.24) is 0 Å². The summed E-state index contributed by atoms with van der Waals surface area (Å²) in [6, 6.07) is 15.7. The Balaban J connectivity index is 1.92. The molecule has 6 heteroatoms. The van der Waals surface area contributed by atoms with Crippen LogP contribution in [0.2, 0.25) is 0 Å². The summed E-state index contributed by atoms with van der Waals surface area (Å²) < 4.78 is 24.5. The lowest BCUT2D eigenvalue weighted by atomic mass is 9.87. The molecule has 0 saturated carbocycles. The van der Waals surface area contributed by atoms with Crippen molar-refractivity contribution < 1.29 is 17.7 Å². The molecule has 5 aromatic rings. The molecule has 170 valence electrons. The molecule has 0 unspecified atom stereocenters. The van der Waals surface area contributed by atoms with Gasteiger partial charge in [0.25, 0.3) is 0 Å². The fourth-order valence-corrected chi connectivity index (χ4v) is 3.97. The second-order valence-corrected chi connectivity index (χ2v) is 10.5. The van der Waals surface area contributed by atoms with Crippen LogP contribution >= 0.6 is 0 Å². The minimum absolute atomic E-state index is 0.100. The molecule has 34 heavy (non-hydrogen) atoms. The molecule has 0 fully saturated rings. The molecule has 2 aromatic heterocycles. The van der Waals surface area contributed by atoms with Crippen molar-refractivity contribution in [1.29, 1.82) is 10.5 Å². The van der Waals surface area contributed by atoms with E-state index >= 15 is 0 Å². The van der Waals surface area contributed by atoms with E-state index in [2.05, 4.69) is 53.7 Å². The Kier molecular flexibility index (Phi) is 4.57. The van der Waals surface area contributed by atoms with E-state index in [0.29, 0.717) is 22.3 Å². The second-order valence-electron chi connectivity index (χ2n) is 10.5. The summed E-state index contributed by atoms with van der Waals surface area (Å²) in [5, 5.41) is 20.1. The first kappa shape index (κ1) is 21.7. The lowest BCUT2D eigenvalue weighted by molar-refractivity contribution is 0.554. The van der Waals surface area contributed by atoms with Crippen LogP contribution in [0.4, 0.5) is 0 Å². The van der Waals surface area contributed by atoms with Crippen LogP contribution in [0.3, 0.4) is 0 Å². The Morgan fingerprint density at radius 2 is 0.853 bits per heavy atom. The highest BCUT2D eigenvalue weighted by atomic mass is 16.4. The van der Waals surface area contributed by atoms with Crippen LogP contribution in [0.5, 0.6) is 0 Å². The smallest absolute Gasteiger partial charge is 0.193 e. The summed E-state index contributed by atoms with van der Waals surface area (Å²) in [5.41, 5.74) is 4.61. The Bertz CT molecular complexity index is 1610. The Morgan fingerprint density at radius 3 is 1.15 bits per heavy atom. The molecule has 3 aromatic carbocycles. The number of rotatable bonds is 0. The molecule has 0 amide bonds. The molecule has 0 N–H and O–H groups in total. The summed E-state index contributed by atoms with van der Waals surface area (Å²) in [6.45, 7) is 12.6. The van der Waals surface area contributed by atoms with Gasteiger partial charge in [-0.25, -0.2) is 0 Å². The molecule has 5 rings (SSSR count). The molecule has 0 spiro atoms. The predicted molar refractivity (Wildman–Crippen MR) is 130 cm³/mol. The van der Waals surface area contributed by atoms with Gasteiger partial charge in [-0.2, -0.15) is 10.5 Å². The first-order valence-electron chi connectivity index (χ1n) is 11.1. The first-order valence-corrected chi connectivity index (χ1v) is 11.1. The topological polar surface area (TPSA) is 100 Å². The van der Waals surface area contributed by atoms with E-state index in [9.17, 15) is 10.5 Å². The molecule has 6 nitrogen and oxygen atoms in total. The van der Waals surface area contributed by atoms with E-state index in [-0.39, 0.29) is 44.3 Å². The maximum Gasteiger partial charge on any atom is 0.193 e. The van der Waals surface area contributed by atoms with Gasteiger partial charge in [0.15, 0.2) is 44.7 Å². The van der Waals surface area contributed by atoms with Crippen LogP contribution in [-0.4, -0.2) is 0 Å². The molecule has 0 atom stereocenters. The van der Waals surface area contributed by atoms with Gasteiger partial charge in [-0.3, -0.25) is 0 Å². The standard InChI is InChI=1S/C28H24N2O4/c1-27(2,3)15-7-9-19-21(11-15)33-25-17(13-29)24-26(18(14-30)23(25)31-19)34-22-12-16(28(4,5)6)8-10-20(22)32-24/h7-12H,1-6H3. The molecule has 0 aliphatic heterocycles. The third-order valence-electron chi connectivity index (χ3n) is 6.01. The number of benzene rings is 3. The number of nitriles is 2. The zero-order chi connectivity index (χ0) is 24.4. The van der Waals surface area contributed by atoms with Gasteiger partial charge >= 0.3 is 0 Å². The van der Waals surface area contributed by atoms with Crippen molar-refractivity contribution in [2.45, 2.75) is 52.4 Å². The summed E-state index contributed by atoms with van der Waals surface area (Å²) in [5.74, 6) is 0. The Hall–Kier alpha value is -4.16. The zero-order valence-corrected chi connectivity index (χ0v) is 20.0. The number of hydrogen-bond donors (Lipinski definition) is 0.